The molecule has 1 unspecified atom stereocenters. The number of hydrogen-bond donors (Lipinski definition) is 0. The summed E-state index contributed by atoms with van der Waals surface area (Å²) in [6, 6.07) is 8.04. The zero-order chi connectivity index (χ0) is 15.6. The maximum Gasteiger partial charge on any atom is 0.161 e. The van der Waals surface area contributed by atoms with Crippen LogP contribution in [-0.2, 0) is 0 Å². The van der Waals surface area contributed by atoms with Crippen molar-refractivity contribution in [3.63, 3.8) is 0 Å². The number of anilines is 1. The van der Waals surface area contributed by atoms with Crippen molar-refractivity contribution in [1.29, 1.82) is 5.26 Å². The lowest BCUT2D eigenvalue weighted by atomic mass is 9.87. The molecule has 0 amide bonds. The predicted octanol–water partition coefficient (Wildman–Crippen LogP) is 4.17. The summed E-state index contributed by atoms with van der Waals surface area (Å²) in [5.74, 6) is 0.0656. The van der Waals surface area contributed by atoms with E-state index in [0.29, 0.717) is 11.6 Å². The lowest BCUT2D eigenvalue weighted by Crippen LogP contribution is -2.33. The Bertz CT molecular complexity index is 578. The van der Waals surface area contributed by atoms with Crippen molar-refractivity contribution in [2.75, 3.05) is 11.4 Å². The van der Waals surface area contributed by atoms with Crippen LogP contribution in [0.1, 0.15) is 62.9 Å². The van der Waals surface area contributed by atoms with E-state index >= 15 is 0 Å². The third-order valence-corrected chi connectivity index (χ3v) is 4.04. The van der Waals surface area contributed by atoms with Crippen LogP contribution in [0.5, 0.6) is 0 Å². The van der Waals surface area contributed by atoms with Gasteiger partial charge in [-0.25, -0.2) is 0 Å². The predicted molar refractivity (Wildman–Crippen MR) is 85.6 cm³/mol. The molecule has 0 radical (unpaired) electrons. The molecule has 0 aromatic heterocycles. The van der Waals surface area contributed by atoms with E-state index in [0.717, 1.165) is 37.1 Å². The van der Waals surface area contributed by atoms with Crippen molar-refractivity contribution in [2.45, 2.75) is 53.0 Å². The fourth-order valence-electron chi connectivity index (χ4n) is 3.21. The first-order valence-electron chi connectivity index (χ1n) is 7.63. The highest BCUT2D eigenvalue weighted by atomic mass is 16.1. The molecule has 3 heteroatoms. The van der Waals surface area contributed by atoms with E-state index in [1.807, 2.05) is 6.07 Å². The molecule has 1 heterocycles. The van der Waals surface area contributed by atoms with Crippen LogP contribution in [-0.4, -0.2) is 18.4 Å². The van der Waals surface area contributed by atoms with Crippen LogP contribution in [0, 0.1) is 16.7 Å². The Balaban J connectivity index is 2.39. The van der Waals surface area contributed by atoms with Gasteiger partial charge in [0.1, 0.15) is 0 Å². The van der Waals surface area contributed by atoms with E-state index in [1.54, 1.807) is 19.1 Å². The smallest absolute Gasteiger partial charge is 0.161 e. The Hall–Kier alpha value is -1.82. The first-order valence-corrected chi connectivity index (χ1v) is 7.63. The minimum Gasteiger partial charge on any atom is -0.368 e. The van der Waals surface area contributed by atoms with Crippen molar-refractivity contribution >= 4 is 11.5 Å². The molecule has 1 atom stereocenters. The number of rotatable bonds is 3. The van der Waals surface area contributed by atoms with Crippen molar-refractivity contribution in [3.05, 3.63) is 29.3 Å². The van der Waals surface area contributed by atoms with Crippen LogP contribution in [0.3, 0.4) is 0 Å². The third kappa shape index (κ3) is 3.64. The molecule has 1 aliphatic rings. The highest BCUT2D eigenvalue weighted by molar-refractivity contribution is 6.00. The number of carbonyl (C=O) groups excluding carboxylic acids is 1. The van der Waals surface area contributed by atoms with E-state index in [1.165, 1.54) is 0 Å². The van der Waals surface area contributed by atoms with Gasteiger partial charge >= 0.3 is 0 Å². The average Bonchev–Trinajstić information content (AvgIpc) is 2.83. The summed E-state index contributed by atoms with van der Waals surface area (Å²) < 4.78 is 0. The van der Waals surface area contributed by atoms with Gasteiger partial charge in [-0.15, -0.1) is 0 Å². The molecular formula is C18H24N2O. The van der Waals surface area contributed by atoms with Gasteiger partial charge in [-0.2, -0.15) is 5.26 Å². The Kier molecular flexibility index (Phi) is 4.37. The molecule has 0 aliphatic carbocycles. The van der Waals surface area contributed by atoms with Crippen LogP contribution in [0.25, 0.3) is 0 Å². The van der Waals surface area contributed by atoms with Crippen molar-refractivity contribution in [2.24, 2.45) is 5.41 Å². The molecule has 2 rings (SSSR count). The van der Waals surface area contributed by atoms with Crippen LogP contribution < -0.4 is 4.90 Å². The Morgan fingerprint density at radius 3 is 2.71 bits per heavy atom. The third-order valence-electron chi connectivity index (χ3n) is 4.04. The van der Waals surface area contributed by atoms with Crippen LogP contribution in [0.15, 0.2) is 18.2 Å². The lowest BCUT2D eigenvalue weighted by Gasteiger charge is -2.33. The van der Waals surface area contributed by atoms with Gasteiger partial charge in [0.25, 0.3) is 0 Å². The number of nitriles is 1. The standard InChI is InChI=1S/C18H24N2O/c1-13(21)16-8-7-14(12-19)10-17(16)20-9-5-6-15(20)11-18(2,3)4/h7-8,10,15H,5-6,9,11H2,1-4H3. The summed E-state index contributed by atoms with van der Waals surface area (Å²) in [6.07, 6.45) is 3.40. The first kappa shape index (κ1) is 15.6. The van der Waals surface area contributed by atoms with Gasteiger partial charge in [0.05, 0.1) is 11.6 Å². The summed E-state index contributed by atoms with van der Waals surface area (Å²) in [6.45, 7) is 9.32. The molecule has 0 saturated carbocycles. The molecule has 1 saturated heterocycles. The molecule has 0 N–H and O–H groups in total. The minimum absolute atomic E-state index is 0.0656. The number of nitrogens with zero attached hydrogens (tertiary/aromatic N) is 2. The fraction of sp³-hybridized carbons (Fsp3) is 0.556. The van der Waals surface area contributed by atoms with Crippen molar-refractivity contribution in [1.82, 2.24) is 0 Å². The van der Waals surface area contributed by atoms with Gasteiger partial charge < -0.3 is 4.90 Å². The normalized spacial score (nSPS) is 18.6. The summed E-state index contributed by atoms with van der Waals surface area (Å²) in [5.41, 5.74) is 2.55. The fourth-order valence-corrected chi connectivity index (χ4v) is 3.21. The van der Waals surface area contributed by atoms with Crippen LogP contribution in [0.4, 0.5) is 5.69 Å². The van der Waals surface area contributed by atoms with Gasteiger partial charge in [0, 0.05) is 23.8 Å². The van der Waals surface area contributed by atoms with Crippen molar-refractivity contribution < 1.29 is 4.79 Å². The van der Waals surface area contributed by atoms with Gasteiger partial charge in [0.2, 0.25) is 0 Å². The molecular weight excluding hydrogens is 260 g/mol. The van der Waals surface area contributed by atoms with E-state index in [2.05, 4.69) is 31.7 Å². The molecule has 112 valence electrons. The monoisotopic (exact) mass is 284 g/mol. The largest absolute Gasteiger partial charge is 0.368 e. The summed E-state index contributed by atoms with van der Waals surface area (Å²) >= 11 is 0. The first-order chi connectivity index (χ1) is 9.81. The van der Waals surface area contributed by atoms with Crippen LogP contribution in [0.2, 0.25) is 0 Å². The topological polar surface area (TPSA) is 44.1 Å². The van der Waals surface area contributed by atoms with E-state index in [4.69, 9.17) is 5.26 Å². The number of Topliss-reactive ketones (excluding diaryl/α,β-unsaturated/α-hetero) is 1. The quantitative estimate of drug-likeness (QED) is 0.783. The molecule has 0 spiro atoms. The number of ketones is 1. The molecule has 1 aromatic rings. The molecule has 3 nitrogen and oxygen atoms in total. The Morgan fingerprint density at radius 1 is 1.43 bits per heavy atom. The second kappa shape index (κ2) is 5.89. The highest BCUT2D eigenvalue weighted by Crippen LogP contribution is 2.35. The summed E-state index contributed by atoms with van der Waals surface area (Å²) in [7, 11) is 0. The van der Waals surface area contributed by atoms with Gasteiger partial charge in [0.15, 0.2) is 5.78 Å². The molecule has 1 aliphatic heterocycles. The number of carbonyl (C=O) groups is 1. The number of benzene rings is 1. The van der Waals surface area contributed by atoms with E-state index in [-0.39, 0.29) is 11.2 Å². The molecule has 1 aromatic carbocycles. The highest BCUT2D eigenvalue weighted by Gasteiger charge is 2.30. The minimum atomic E-state index is 0.0656. The lowest BCUT2D eigenvalue weighted by molar-refractivity contribution is 0.101. The van der Waals surface area contributed by atoms with Crippen LogP contribution >= 0.6 is 0 Å². The zero-order valence-electron chi connectivity index (χ0n) is 13.4. The Labute approximate surface area is 127 Å². The summed E-state index contributed by atoms with van der Waals surface area (Å²) in [5, 5.41) is 9.13. The van der Waals surface area contributed by atoms with Gasteiger partial charge in [-0.1, -0.05) is 20.8 Å². The SMILES string of the molecule is CC(=O)c1ccc(C#N)cc1N1CCCC1CC(C)(C)C. The van der Waals surface area contributed by atoms with E-state index in [9.17, 15) is 4.79 Å². The molecule has 0 bridgehead atoms. The zero-order valence-corrected chi connectivity index (χ0v) is 13.4. The van der Waals surface area contributed by atoms with Crippen molar-refractivity contribution in [3.8, 4) is 6.07 Å². The van der Waals surface area contributed by atoms with Gasteiger partial charge in [-0.3, -0.25) is 4.79 Å². The molecule has 1 fully saturated rings. The molecule has 21 heavy (non-hydrogen) atoms. The maximum absolute atomic E-state index is 11.9. The Morgan fingerprint density at radius 2 is 2.14 bits per heavy atom. The second-order valence-electron chi connectivity index (χ2n) is 7.15. The van der Waals surface area contributed by atoms with E-state index < -0.39 is 0 Å². The average molecular weight is 284 g/mol. The maximum atomic E-state index is 11.9. The second-order valence-corrected chi connectivity index (χ2v) is 7.15. The van der Waals surface area contributed by atoms with Gasteiger partial charge in [-0.05, 0) is 49.8 Å². The number of hydrogen-bond acceptors (Lipinski definition) is 3. The summed E-state index contributed by atoms with van der Waals surface area (Å²) in [4.78, 5) is 14.2.